The average Bonchev–Trinajstić information content (AvgIpc) is 2.93. The molecule has 2 saturated heterocycles. The number of hydrogen-bond donors (Lipinski definition) is 0. The van der Waals surface area contributed by atoms with E-state index in [0.717, 1.165) is 0 Å². The number of nitrogens with zero attached hydrogens (tertiary/aromatic N) is 5. The Hall–Kier alpha value is -2.42. The van der Waals surface area contributed by atoms with E-state index >= 15 is 0 Å². The first-order valence-electron chi connectivity index (χ1n) is 8.17. The maximum Gasteiger partial charge on any atom is 0.321 e. The molecule has 2 heterocycles. The van der Waals surface area contributed by atoms with Crippen LogP contribution in [0, 0.1) is 21.8 Å². The number of carbonyl (C=O) groups excluding carboxylic acids is 1. The molecular weight excluding hydrogens is 329 g/mol. The van der Waals surface area contributed by atoms with Crippen LogP contribution in [0.1, 0.15) is 6.92 Å². The van der Waals surface area contributed by atoms with Crippen LogP contribution in [0.15, 0.2) is 18.2 Å². The quantitative estimate of drug-likeness (QED) is 0.613. The molecule has 3 rings (SSSR count). The first kappa shape index (κ1) is 17.4. The fourth-order valence-corrected chi connectivity index (χ4v) is 3.78. The highest BCUT2D eigenvalue weighted by Crippen LogP contribution is 2.36. The SMILES string of the molecule is C[C@@H]1CN(c2c(F)cccc2[N+](=O)[O-])C[C@@H]1N1CN(C)C(=O)N(C)C1. The summed E-state index contributed by atoms with van der Waals surface area (Å²) in [6.07, 6.45) is 0. The second kappa shape index (κ2) is 6.47. The van der Waals surface area contributed by atoms with Gasteiger partial charge in [0.1, 0.15) is 0 Å². The summed E-state index contributed by atoms with van der Waals surface area (Å²) < 4.78 is 14.3. The lowest BCUT2D eigenvalue weighted by Gasteiger charge is -2.42. The first-order valence-corrected chi connectivity index (χ1v) is 8.17. The van der Waals surface area contributed by atoms with Crippen LogP contribution >= 0.6 is 0 Å². The molecule has 136 valence electrons. The number of hydrogen-bond acceptors (Lipinski definition) is 5. The monoisotopic (exact) mass is 351 g/mol. The van der Waals surface area contributed by atoms with Crippen LogP contribution in [0.2, 0.25) is 0 Å². The van der Waals surface area contributed by atoms with Crippen LogP contribution in [0.4, 0.5) is 20.6 Å². The molecule has 0 spiro atoms. The van der Waals surface area contributed by atoms with Gasteiger partial charge in [-0.1, -0.05) is 13.0 Å². The number of nitro groups is 1. The fraction of sp³-hybridized carbons (Fsp3) is 0.562. The molecule has 0 unspecified atom stereocenters. The lowest BCUT2D eigenvalue weighted by atomic mass is 10.1. The minimum Gasteiger partial charge on any atom is -0.362 e. The third-order valence-corrected chi connectivity index (χ3v) is 4.96. The van der Waals surface area contributed by atoms with Gasteiger partial charge >= 0.3 is 6.03 Å². The molecule has 8 nitrogen and oxygen atoms in total. The summed E-state index contributed by atoms with van der Waals surface area (Å²) >= 11 is 0. The molecule has 0 aliphatic carbocycles. The van der Waals surface area contributed by atoms with Crippen LogP contribution < -0.4 is 4.90 Å². The summed E-state index contributed by atoms with van der Waals surface area (Å²) in [5.41, 5.74) is -0.160. The van der Waals surface area contributed by atoms with E-state index in [1.54, 1.807) is 28.8 Å². The van der Waals surface area contributed by atoms with Gasteiger partial charge in [-0.15, -0.1) is 0 Å². The van der Waals surface area contributed by atoms with E-state index in [1.807, 2.05) is 6.92 Å². The zero-order chi connectivity index (χ0) is 18.3. The molecule has 1 aromatic carbocycles. The summed E-state index contributed by atoms with van der Waals surface area (Å²) in [5, 5.41) is 11.3. The molecule has 0 N–H and O–H groups in total. The lowest BCUT2D eigenvalue weighted by Crippen LogP contribution is -2.59. The maximum absolute atomic E-state index is 14.3. The minimum absolute atomic E-state index is 0.0384. The third-order valence-electron chi connectivity index (χ3n) is 4.96. The van der Waals surface area contributed by atoms with Gasteiger partial charge in [0.2, 0.25) is 0 Å². The highest BCUT2D eigenvalue weighted by Gasteiger charge is 2.40. The molecule has 0 aromatic heterocycles. The number of halogens is 1. The Bertz CT molecular complexity index is 686. The molecule has 2 aliphatic heterocycles. The molecule has 2 amide bonds. The molecule has 2 aliphatic rings. The number of para-hydroxylation sites is 1. The second-order valence-corrected chi connectivity index (χ2v) is 6.86. The molecule has 25 heavy (non-hydrogen) atoms. The number of carbonyl (C=O) groups is 1. The molecule has 9 heteroatoms. The van der Waals surface area contributed by atoms with Crippen molar-refractivity contribution < 1.29 is 14.1 Å². The molecule has 0 bridgehead atoms. The van der Waals surface area contributed by atoms with Crippen molar-refractivity contribution in [2.75, 3.05) is 45.4 Å². The third kappa shape index (κ3) is 3.11. The Balaban J connectivity index is 1.83. The van der Waals surface area contributed by atoms with Gasteiger partial charge in [-0.2, -0.15) is 0 Å². The van der Waals surface area contributed by atoms with Crippen LogP contribution in [-0.4, -0.2) is 72.2 Å². The summed E-state index contributed by atoms with van der Waals surface area (Å²) in [5.74, 6) is -0.390. The predicted octanol–water partition coefficient (Wildman–Crippen LogP) is 1.77. The molecule has 2 atom stereocenters. The number of urea groups is 1. The summed E-state index contributed by atoms with van der Waals surface area (Å²) in [6.45, 7) is 4.05. The summed E-state index contributed by atoms with van der Waals surface area (Å²) in [7, 11) is 3.48. The molecule has 0 saturated carbocycles. The van der Waals surface area contributed by atoms with Gasteiger partial charge in [-0.25, -0.2) is 9.18 Å². The maximum atomic E-state index is 14.3. The number of rotatable bonds is 3. The van der Waals surface area contributed by atoms with Gasteiger partial charge in [-0.05, 0) is 12.0 Å². The van der Waals surface area contributed by atoms with Crippen molar-refractivity contribution in [1.29, 1.82) is 0 Å². The van der Waals surface area contributed by atoms with Gasteiger partial charge in [0.15, 0.2) is 11.5 Å². The summed E-state index contributed by atoms with van der Waals surface area (Å²) in [4.78, 5) is 29.8. The number of anilines is 1. The number of amides is 2. The van der Waals surface area contributed by atoms with Crippen molar-refractivity contribution in [3.63, 3.8) is 0 Å². The van der Waals surface area contributed by atoms with Crippen molar-refractivity contribution in [3.8, 4) is 0 Å². The topological polar surface area (TPSA) is 73.2 Å². The fourth-order valence-electron chi connectivity index (χ4n) is 3.78. The van der Waals surface area contributed by atoms with E-state index in [1.165, 1.54) is 18.2 Å². The van der Waals surface area contributed by atoms with Crippen LogP contribution in [0.3, 0.4) is 0 Å². The van der Waals surface area contributed by atoms with Crippen molar-refractivity contribution in [2.24, 2.45) is 5.92 Å². The van der Waals surface area contributed by atoms with Gasteiger partial charge in [-0.3, -0.25) is 15.0 Å². The predicted molar refractivity (Wildman–Crippen MR) is 90.7 cm³/mol. The number of nitro benzene ring substituents is 1. The van der Waals surface area contributed by atoms with Crippen molar-refractivity contribution >= 4 is 17.4 Å². The Morgan fingerprint density at radius 2 is 1.84 bits per heavy atom. The minimum atomic E-state index is -0.579. The van der Waals surface area contributed by atoms with E-state index < -0.39 is 10.7 Å². The Kier molecular flexibility index (Phi) is 4.51. The Labute approximate surface area is 145 Å². The van der Waals surface area contributed by atoms with E-state index in [4.69, 9.17) is 0 Å². The van der Waals surface area contributed by atoms with Crippen molar-refractivity contribution in [1.82, 2.24) is 14.7 Å². The van der Waals surface area contributed by atoms with Crippen LogP contribution in [0.25, 0.3) is 0 Å². The van der Waals surface area contributed by atoms with Crippen molar-refractivity contribution in [2.45, 2.75) is 13.0 Å². The van der Waals surface area contributed by atoms with E-state index in [2.05, 4.69) is 4.90 Å². The summed E-state index contributed by atoms with van der Waals surface area (Å²) in [6, 6.07) is 3.98. The van der Waals surface area contributed by atoms with E-state index in [9.17, 15) is 19.3 Å². The molecule has 2 fully saturated rings. The van der Waals surface area contributed by atoms with Gasteiger partial charge < -0.3 is 14.7 Å². The zero-order valence-corrected chi connectivity index (χ0v) is 14.6. The lowest BCUT2D eigenvalue weighted by molar-refractivity contribution is -0.384. The van der Waals surface area contributed by atoms with Gasteiger partial charge in [0.05, 0.1) is 18.3 Å². The Morgan fingerprint density at radius 3 is 2.44 bits per heavy atom. The standard InChI is InChI=1S/C16H22FN5O3/c1-11-7-20(15-12(17)5-4-6-13(15)22(24)25)8-14(11)21-9-18(2)16(23)19(3)10-21/h4-6,11,14H,7-10H2,1-3H3/t11-,14+/m1/s1. The van der Waals surface area contributed by atoms with Crippen LogP contribution in [-0.2, 0) is 0 Å². The Morgan fingerprint density at radius 1 is 1.20 bits per heavy atom. The van der Waals surface area contributed by atoms with Gasteiger partial charge in [0, 0.05) is 39.3 Å². The number of benzene rings is 1. The average molecular weight is 351 g/mol. The van der Waals surface area contributed by atoms with E-state index in [0.29, 0.717) is 26.4 Å². The largest absolute Gasteiger partial charge is 0.362 e. The molecule has 0 radical (unpaired) electrons. The molecular formula is C16H22FN5O3. The van der Waals surface area contributed by atoms with Crippen LogP contribution in [0.5, 0.6) is 0 Å². The normalized spacial score (nSPS) is 25.0. The highest BCUT2D eigenvalue weighted by molar-refractivity contribution is 5.74. The van der Waals surface area contributed by atoms with E-state index in [-0.39, 0.29) is 29.4 Å². The molecule has 1 aromatic rings. The second-order valence-electron chi connectivity index (χ2n) is 6.86. The first-order chi connectivity index (χ1) is 11.8. The zero-order valence-electron chi connectivity index (χ0n) is 14.6. The highest BCUT2D eigenvalue weighted by atomic mass is 19.1. The van der Waals surface area contributed by atoms with Gasteiger partial charge in [0.25, 0.3) is 5.69 Å². The van der Waals surface area contributed by atoms with Crippen molar-refractivity contribution in [3.05, 3.63) is 34.1 Å². The smallest absolute Gasteiger partial charge is 0.321 e.